The lowest BCUT2D eigenvalue weighted by molar-refractivity contribution is 0.590. The average molecular weight is 699 g/mol. The fourth-order valence-electron chi connectivity index (χ4n) is 6.81. The molecule has 0 amide bonds. The molecular weight excluding hydrogens is 657 g/mol. The molecule has 5 aromatic carbocycles. The first-order valence-corrected chi connectivity index (χ1v) is 18.3. The van der Waals surface area contributed by atoms with Crippen LogP contribution in [-0.4, -0.2) is 9.97 Å². The molecule has 262 valence electrons. The van der Waals surface area contributed by atoms with Crippen LogP contribution in [-0.2, 0) is 10.8 Å². The number of rotatable bonds is 6. The van der Waals surface area contributed by atoms with Gasteiger partial charge >= 0.3 is 0 Å². The minimum Gasteiger partial charge on any atom is -0.246 e. The maximum Gasteiger partial charge on any atom is 0.102 e. The first-order valence-electron chi connectivity index (χ1n) is 18.3. The van der Waals surface area contributed by atoms with Crippen LogP contribution in [0, 0.1) is 22.7 Å². The number of pyridine rings is 2. The third-order valence-corrected chi connectivity index (χ3v) is 9.93. The van der Waals surface area contributed by atoms with Crippen molar-refractivity contribution < 1.29 is 0 Å². The van der Waals surface area contributed by atoms with E-state index in [9.17, 15) is 10.5 Å². The van der Waals surface area contributed by atoms with Gasteiger partial charge in [-0.15, -0.1) is 0 Å². The summed E-state index contributed by atoms with van der Waals surface area (Å²) < 4.78 is 0. The van der Waals surface area contributed by atoms with Crippen LogP contribution in [0.5, 0.6) is 0 Å². The highest BCUT2D eigenvalue weighted by Crippen LogP contribution is 2.39. The van der Waals surface area contributed by atoms with Crippen molar-refractivity contribution in [3.05, 3.63) is 168 Å². The summed E-state index contributed by atoms with van der Waals surface area (Å²) in [5, 5.41) is 21.5. The average Bonchev–Trinajstić information content (AvgIpc) is 3.20. The Morgan fingerprint density at radius 3 is 1.07 bits per heavy atom. The van der Waals surface area contributed by atoms with E-state index in [0.717, 1.165) is 55.9 Å². The van der Waals surface area contributed by atoms with E-state index in [4.69, 9.17) is 9.97 Å². The molecule has 2 heterocycles. The lowest BCUT2D eigenvalue weighted by Gasteiger charge is -2.20. The van der Waals surface area contributed by atoms with Crippen LogP contribution < -0.4 is 0 Å². The molecule has 4 heteroatoms. The van der Waals surface area contributed by atoms with Gasteiger partial charge in [-0.1, -0.05) is 169 Å². The van der Waals surface area contributed by atoms with Gasteiger partial charge in [0.15, 0.2) is 0 Å². The van der Waals surface area contributed by atoms with E-state index in [-0.39, 0.29) is 10.8 Å². The topological polar surface area (TPSA) is 73.4 Å². The number of aromatic nitrogens is 2. The molecule has 4 nitrogen and oxygen atoms in total. The van der Waals surface area contributed by atoms with Crippen molar-refractivity contribution in [2.75, 3.05) is 0 Å². The van der Waals surface area contributed by atoms with Gasteiger partial charge in [-0.05, 0) is 51.3 Å². The van der Waals surface area contributed by atoms with Gasteiger partial charge in [-0.3, -0.25) is 0 Å². The van der Waals surface area contributed by atoms with Crippen molar-refractivity contribution in [1.29, 1.82) is 10.5 Å². The van der Waals surface area contributed by atoms with Crippen molar-refractivity contribution in [2.24, 2.45) is 0 Å². The van der Waals surface area contributed by atoms with E-state index in [1.807, 2.05) is 91.0 Å². The molecule has 0 aliphatic rings. The quantitative estimate of drug-likeness (QED) is 0.173. The SMILES string of the molecule is CC(C)(C)c1ccc(-c2cc(-c3cccc(-c4cc(-c5ccc(C(C)(C)C)cc5)nc(-c5ccccc5)c4C#N)c3)c(C#N)c(-c3ccccc3)n2)cc1. The largest absolute Gasteiger partial charge is 0.246 e. The summed E-state index contributed by atoms with van der Waals surface area (Å²) >= 11 is 0. The molecule has 7 aromatic rings. The highest BCUT2D eigenvalue weighted by molar-refractivity contribution is 5.88. The molecule has 0 unspecified atom stereocenters. The lowest BCUT2D eigenvalue weighted by atomic mass is 9.86. The van der Waals surface area contributed by atoms with Gasteiger partial charge in [-0.2, -0.15) is 10.5 Å². The maximum absolute atomic E-state index is 10.7. The van der Waals surface area contributed by atoms with Crippen molar-refractivity contribution in [1.82, 2.24) is 9.97 Å². The summed E-state index contributed by atoms with van der Waals surface area (Å²) in [6.45, 7) is 13.2. The van der Waals surface area contributed by atoms with Crippen LogP contribution in [0.4, 0.5) is 0 Å². The highest BCUT2D eigenvalue weighted by atomic mass is 14.7. The zero-order chi connectivity index (χ0) is 38.0. The Morgan fingerprint density at radius 2 is 0.741 bits per heavy atom. The molecule has 0 aliphatic heterocycles. The number of hydrogen-bond acceptors (Lipinski definition) is 4. The normalized spacial score (nSPS) is 11.5. The van der Waals surface area contributed by atoms with Crippen LogP contribution in [0.3, 0.4) is 0 Å². The van der Waals surface area contributed by atoms with Crippen LogP contribution >= 0.6 is 0 Å². The van der Waals surface area contributed by atoms with Gasteiger partial charge in [0.1, 0.15) is 12.1 Å². The Kier molecular flexibility index (Phi) is 9.55. The number of benzene rings is 5. The van der Waals surface area contributed by atoms with Crippen LogP contribution in [0.25, 0.3) is 67.3 Å². The Labute approximate surface area is 319 Å². The number of nitrogens with zero attached hydrogens (tertiary/aromatic N) is 4. The predicted octanol–water partition coefficient (Wildman–Crippen LogP) is 12.8. The molecule has 0 aliphatic carbocycles. The molecule has 0 atom stereocenters. The Bertz CT molecular complexity index is 2360. The van der Waals surface area contributed by atoms with Crippen molar-refractivity contribution in [3.8, 4) is 79.4 Å². The maximum atomic E-state index is 10.7. The summed E-state index contributed by atoms with van der Waals surface area (Å²) in [5.74, 6) is 0. The van der Waals surface area contributed by atoms with Gasteiger partial charge < -0.3 is 0 Å². The molecule has 0 bridgehead atoms. The van der Waals surface area contributed by atoms with E-state index in [1.165, 1.54) is 11.1 Å². The molecule has 7 rings (SSSR count). The zero-order valence-electron chi connectivity index (χ0n) is 31.6. The molecule has 0 N–H and O–H groups in total. The van der Waals surface area contributed by atoms with Gasteiger partial charge in [0.05, 0.1) is 33.9 Å². The van der Waals surface area contributed by atoms with Crippen molar-refractivity contribution in [3.63, 3.8) is 0 Å². The predicted molar refractivity (Wildman–Crippen MR) is 221 cm³/mol. The van der Waals surface area contributed by atoms with E-state index in [0.29, 0.717) is 22.5 Å². The lowest BCUT2D eigenvalue weighted by Crippen LogP contribution is -2.10. The molecule has 0 spiro atoms. The third kappa shape index (κ3) is 7.20. The Hall–Kier alpha value is -6.62. The van der Waals surface area contributed by atoms with Gasteiger partial charge in [0.2, 0.25) is 0 Å². The van der Waals surface area contributed by atoms with Gasteiger partial charge in [0.25, 0.3) is 0 Å². The summed E-state index contributed by atoms with van der Waals surface area (Å²) in [6.07, 6.45) is 0. The minimum absolute atomic E-state index is 0.0166. The summed E-state index contributed by atoms with van der Waals surface area (Å²) in [7, 11) is 0. The Morgan fingerprint density at radius 1 is 0.389 bits per heavy atom. The zero-order valence-corrected chi connectivity index (χ0v) is 31.6. The summed E-state index contributed by atoms with van der Waals surface area (Å²) in [6, 6.07) is 54.0. The first kappa shape index (κ1) is 35.8. The second-order valence-corrected chi connectivity index (χ2v) is 15.7. The minimum atomic E-state index is 0.0166. The van der Waals surface area contributed by atoms with Crippen LogP contribution in [0.1, 0.15) is 63.8 Å². The third-order valence-electron chi connectivity index (χ3n) is 9.93. The van der Waals surface area contributed by atoms with E-state index >= 15 is 0 Å². The second-order valence-electron chi connectivity index (χ2n) is 15.7. The molecule has 2 aromatic heterocycles. The van der Waals surface area contributed by atoms with E-state index < -0.39 is 0 Å². The fourth-order valence-corrected chi connectivity index (χ4v) is 6.81. The van der Waals surface area contributed by atoms with Gasteiger partial charge in [0, 0.05) is 33.4 Å². The standard InChI is InChI=1S/C50H42N4/c1-49(2,3)39-24-20-33(21-25-39)45-29-41(43(31-51)47(53-45)35-14-9-7-10-15-35)37-18-13-19-38(28-37)42-30-46(34-22-26-40(27-23-34)50(4,5)6)54-48(44(42)32-52)36-16-11-8-12-17-36/h7-30H,1-6H3. The highest BCUT2D eigenvalue weighted by Gasteiger charge is 2.21. The van der Waals surface area contributed by atoms with E-state index in [2.05, 4.69) is 108 Å². The van der Waals surface area contributed by atoms with Crippen molar-refractivity contribution >= 4 is 0 Å². The monoisotopic (exact) mass is 698 g/mol. The molecule has 0 saturated carbocycles. The smallest absolute Gasteiger partial charge is 0.102 e. The fraction of sp³-hybridized carbons (Fsp3) is 0.160. The molecular formula is C50H42N4. The Balaban J connectivity index is 1.44. The summed E-state index contributed by atoms with van der Waals surface area (Å²) in [5.41, 5.74) is 13.3. The van der Waals surface area contributed by atoms with Crippen LogP contribution in [0.2, 0.25) is 0 Å². The van der Waals surface area contributed by atoms with Crippen LogP contribution in [0.15, 0.2) is 146 Å². The number of nitriles is 2. The molecule has 54 heavy (non-hydrogen) atoms. The molecule has 0 saturated heterocycles. The van der Waals surface area contributed by atoms with Crippen molar-refractivity contribution in [2.45, 2.75) is 52.4 Å². The van der Waals surface area contributed by atoms with Gasteiger partial charge in [-0.25, -0.2) is 9.97 Å². The molecule has 0 radical (unpaired) electrons. The summed E-state index contributed by atoms with van der Waals surface area (Å²) in [4.78, 5) is 10.2. The van der Waals surface area contributed by atoms with E-state index in [1.54, 1.807) is 0 Å². The second kappa shape index (κ2) is 14.4. The number of hydrogen-bond donors (Lipinski definition) is 0. The molecule has 0 fully saturated rings. The first-order chi connectivity index (χ1) is 25.9.